The highest BCUT2D eigenvalue weighted by atomic mass is 127. The van der Waals surface area contributed by atoms with E-state index in [9.17, 15) is 0 Å². The van der Waals surface area contributed by atoms with Crippen molar-refractivity contribution in [1.29, 1.82) is 0 Å². The van der Waals surface area contributed by atoms with E-state index in [1.165, 1.54) is 18.4 Å². The fourth-order valence-corrected chi connectivity index (χ4v) is 2.04. The van der Waals surface area contributed by atoms with Crippen molar-refractivity contribution in [2.45, 2.75) is 46.1 Å². The first-order valence-electron chi connectivity index (χ1n) is 7.95. The Kier molecular flexibility index (Phi) is 8.60. The molecule has 0 unspecified atom stereocenters. The lowest BCUT2D eigenvalue weighted by atomic mass is 10.1. The van der Waals surface area contributed by atoms with Gasteiger partial charge in [0, 0.05) is 12.1 Å². The van der Waals surface area contributed by atoms with Crippen LogP contribution in [0.3, 0.4) is 0 Å². The Morgan fingerprint density at radius 2 is 2.18 bits per heavy atom. The zero-order valence-electron chi connectivity index (χ0n) is 13.6. The molecule has 1 aromatic carbocycles. The number of hydrogen-bond donors (Lipinski definition) is 2. The summed E-state index contributed by atoms with van der Waals surface area (Å²) in [5.74, 6) is 2.21. The molecule has 1 aromatic rings. The summed E-state index contributed by atoms with van der Waals surface area (Å²) in [7, 11) is 0. The Morgan fingerprint density at radius 1 is 1.41 bits per heavy atom. The number of rotatable bonds is 8. The van der Waals surface area contributed by atoms with Gasteiger partial charge in [-0.3, -0.25) is 0 Å². The molecule has 0 spiro atoms. The van der Waals surface area contributed by atoms with Gasteiger partial charge in [0.05, 0.1) is 13.2 Å². The van der Waals surface area contributed by atoms with Crippen LogP contribution in [0.2, 0.25) is 0 Å². The second-order valence-electron chi connectivity index (χ2n) is 5.85. The highest BCUT2D eigenvalue weighted by Crippen LogP contribution is 2.30. The average molecular weight is 417 g/mol. The van der Waals surface area contributed by atoms with Crippen LogP contribution in [0.5, 0.6) is 5.75 Å². The van der Waals surface area contributed by atoms with E-state index in [1.54, 1.807) is 0 Å². The Bertz CT molecular complexity index is 487. The first kappa shape index (κ1) is 19.1. The Morgan fingerprint density at radius 3 is 2.86 bits per heavy atom. The predicted molar refractivity (Wildman–Crippen MR) is 103 cm³/mol. The molecule has 124 valence electrons. The van der Waals surface area contributed by atoms with E-state index in [4.69, 9.17) is 10.5 Å². The van der Waals surface area contributed by atoms with E-state index in [0.29, 0.717) is 12.5 Å². The Hall–Kier alpha value is -0.980. The van der Waals surface area contributed by atoms with E-state index < -0.39 is 0 Å². The lowest BCUT2D eigenvalue weighted by Gasteiger charge is -2.11. The van der Waals surface area contributed by atoms with Gasteiger partial charge in [0.1, 0.15) is 5.75 Å². The number of aryl methyl sites for hydroxylation is 1. The molecule has 1 aliphatic rings. The first-order chi connectivity index (χ1) is 10.2. The van der Waals surface area contributed by atoms with Crippen LogP contribution < -0.4 is 15.8 Å². The fourth-order valence-electron chi connectivity index (χ4n) is 2.04. The normalized spacial score (nSPS) is 14.4. The molecule has 0 saturated heterocycles. The molecule has 3 N–H and O–H groups in total. The number of unbranched alkanes of at least 4 members (excludes halogenated alkanes) is 1. The maximum atomic E-state index is 5.94. The molecule has 1 saturated carbocycles. The van der Waals surface area contributed by atoms with Crippen LogP contribution in [-0.4, -0.2) is 19.1 Å². The van der Waals surface area contributed by atoms with Crippen LogP contribution in [0.1, 0.15) is 43.7 Å². The van der Waals surface area contributed by atoms with Crippen LogP contribution in [0, 0.1) is 12.8 Å². The van der Waals surface area contributed by atoms with Gasteiger partial charge in [-0.25, -0.2) is 4.99 Å². The van der Waals surface area contributed by atoms with Crippen LogP contribution >= 0.6 is 24.0 Å². The molecule has 2 rings (SSSR count). The third kappa shape index (κ3) is 6.85. The molecule has 1 aliphatic carbocycles. The minimum atomic E-state index is 0. The summed E-state index contributed by atoms with van der Waals surface area (Å²) in [6, 6.07) is 6.27. The molecular weight excluding hydrogens is 389 g/mol. The molecular formula is C17H28IN3O. The molecule has 1 fully saturated rings. The zero-order chi connectivity index (χ0) is 15.1. The Labute approximate surface area is 150 Å². The molecule has 0 radical (unpaired) electrons. The lowest BCUT2D eigenvalue weighted by molar-refractivity contribution is 0.296. The van der Waals surface area contributed by atoms with Gasteiger partial charge in [-0.1, -0.05) is 25.5 Å². The quantitative estimate of drug-likeness (QED) is 0.294. The summed E-state index contributed by atoms with van der Waals surface area (Å²) in [4.78, 5) is 4.40. The van der Waals surface area contributed by atoms with Gasteiger partial charge in [-0.15, -0.1) is 24.0 Å². The fraction of sp³-hybridized carbons (Fsp3) is 0.588. The minimum absolute atomic E-state index is 0. The van der Waals surface area contributed by atoms with Crippen LogP contribution in [0.25, 0.3) is 0 Å². The van der Waals surface area contributed by atoms with Gasteiger partial charge in [0.25, 0.3) is 0 Å². The van der Waals surface area contributed by atoms with E-state index in [1.807, 2.05) is 0 Å². The van der Waals surface area contributed by atoms with E-state index in [0.717, 1.165) is 43.2 Å². The van der Waals surface area contributed by atoms with Gasteiger partial charge in [-0.05, 0) is 43.7 Å². The van der Waals surface area contributed by atoms with E-state index in [2.05, 4.69) is 42.4 Å². The summed E-state index contributed by atoms with van der Waals surface area (Å²) in [6.45, 7) is 6.50. The minimum Gasteiger partial charge on any atom is -0.493 e. The molecule has 22 heavy (non-hydrogen) atoms. The molecule has 0 aromatic heterocycles. The van der Waals surface area contributed by atoms with Crippen molar-refractivity contribution in [2.75, 3.05) is 13.2 Å². The van der Waals surface area contributed by atoms with Crippen molar-refractivity contribution in [3.63, 3.8) is 0 Å². The number of aliphatic imine (C=N–C) groups is 1. The number of guanidine groups is 1. The average Bonchev–Trinajstić information content (AvgIpc) is 3.28. The SMILES string of the molecule is CCCCNC(N)=NCc1ccc(C)cc1OCC1CC1.I. The molecule has 0 atom stereocenters. The summed E-state index contributed by atoms with van der Waals surface area (Å²) >= 11 is 0. The smallest absolute Gasteiger partial charge is 0.188 e. The highest BCUT2D eigenvalue weighted by Gasteiger charge is 2.22. The number of nitrogens with zero attached hydrogens (tertiary/aromatic N) is 1. The van der Waals surface area contributed by atoms with Crippen LogP contribution in [0.15, 0.2) is 23.2 Å². The number of halogens is 1. The van der Waals surface area contributed by atoms with Gasteiger partial charge in [-0.2, -0.15) is 0 Å². The molecule has 4 nitrogen and oxygen atoms in total. The van der Waals surface area contributed by atoms with E-state index in [-0.39, 0.29) is 24.0 Å². The van der Waals surface area contributed by atoms with Crippen molar-refractivity contribution in [3.8, 4) is 5.75 Å². The third-order valence-corrected chi connectivity index (χ3v) is 3.65. The zero-order valence-corrected chi connectivity index (χ0v) is 15.9. The molecule has 0 bridgehead atoms. The molecule has 5 heteroatoms. The van der Waals surface area contributed by atoms with Crippen molar-refractivity contribution >= 4 is 29.9 Å². The lowest BCUT2D eigenvalue weighted by Crippen LogP contribution is -2.32. The van der Waals surface area contributed by atoms with Gasteiger partial charge < -0.3 is 15.8 Å². The number of nitrogens with one attached hydrogen (secondary N) is 1. The summed E-state index contributed by atoms with van der Waals surface area (Å²) in [5.41, 5.74) is 8.18. The topological polar surface area (TPSA) is 59.6 Å². The van der Waals surface area contributed by atoms with Crippen LogP contribution in [0.4, 0.5) is 0 Å². The second-order valence-corrected chi connectivity index (χ2v) is 5.85. The van der Waals surface area contributed by atoms with Crippen molar-refractivity contribution in [1.82, 2.24) is 5.32 Å². The van der Waals surface area contributed by atoms with Crippen molar-refractivity contribution < 1.29 is 4.74 Å². The summed E-state index contributed by atoms with van der Waals surface area (Å²) in [6.07, 6.45) is 4.86. The standard InChI is InChI=1S/C17H27N3O.HI/c1-3-4-9-19-17(18)20-11-15-8-5-13(2)10-16(15)21-12-14-6-7-14;/h5,8,10,14H,3-4,6-7,9,11-12H2,1-2H3,(H3,18,19,20);1H. The van der Waals surface area contributed by atoms with Crippen molar-refractivity contribution in [3.05, 3.63) is 29.3 Å². The predicted octanol–water partition coefficient (Wildman–Crippen LogP) is 3.61. The number of hydrogen-bond acceptors (Lipinski definition) is 2. The summed E-state index contributed by atoms with van der Waals surface area (Å²) in [5, 5.41) is 3.13. The third-order valence-electron chi connectivity index (χ3n) is 3.65. The number of ether oxygens (including phenoxy) is 1. The van der Waals surface area contributed by atoms with E-state index >= 15 is 0 Å². The summed E-state index contributed by atoms with van der Waals surface area (Å²) < 4.78 is 5.94. The number of nitrogens with two attached hydrogens (primary N) is 1. The monoisotopic (exact) mass is 417 g/mol. The van der Waals surface area contributed by atoms with Crippen LogP contribution in [-0.2, 0) is 6.54 Å². The van der Waals surface area contributed by atoms with Gasteiger partial charge >= 0.3 is 0 Å². The number of benzene rings is 1. The first-order valence-corrected chi connectivity index (χ1v) is 7.95. The maximum absolute atomic E-state index is 5.94. The van der Waals surface area contributed by atoms with Gasteiger partial charge in [0.15, 0.2) is 5.96 Å². The maximum Gasteiger partial charge on any atom is 0.188 e. The van der Waals surface area contributed by atoms with Crippen molar-refractivity contribution in [2.24, 2.45) is 16.6 Å². The highest BCUT2D eigenvalue weighted by molar-refractivity contribution is 14.0. The second kappa shape index (κ2) is 9.92. The molecule has 0 aliphatic heterocycles. The Balaban J connectivity index is 0.00000242. The molecule has 0 amide bonds. The largest absolute Gasteiger partial charge is 0.493 e. The van der Waals surface area contributed by atoms with Gasteiger partial charge in [0.2, 0.25) is 0 Å². The molecule has 0 heterocycles.